The van der Waals surface area contributed by atoms with E-state index in [-0.39, 0.29) is 17.4 Å². The van der Waals surface area contributed by atoms with Crippen LogP contribution in [-0.2, 0) is 4.79 Å². The highest BCUT2D eigenvalue weighted by atomic mass is 16.2. The number of hydrogen-bond acceptors (Lipinski definition) is 2. The molecule has 0 radical (unpaired) electrons. The standard InChI is InChI=1S/C9H10N2O2/c12-8-4-6(5-11-8)7-2-1-3-10-9(7)13/h1-3,6H,4-5H2,(H,10,13)(H,11,12). The van der Waals surface area contributed by atoms with Crippen molar-refractivity contribution >= 4 is 5.91 Å². The van der Waals surface area contributed by atoms with Gasteiger partial charge in [0.25, 0.3) is 5.56 Å². The highest BCUT2D eigenvalue weighted by Crippen LogP contribution is 2.18. The fourth-order valence-electron chi connectivity index (χ4n) is 1.58. The number of carbonyl (C=O) groups excluding carboxylic acids is 1. The van der Waals surface area contributed by atoms with E-state index in [1.165, 1.54) is 0 Å². The lowest BCUT2D eigenvalue weighted by Gasteiger charge is -2.04. The fraction of sp³-hybridized carbons (Fsp3) is 0.333. The smallest absolute Gasteiger partial charge is 0.251 e. The summed E-state index contributed by atoms with van der Waals surface area (Å²) in [5.74, 6) is 0.0608. The van der Waals surface area contributed by atoms with E-state index >= 15 is 0 Å². The zero-order valence-electron chi connectivity index (χ0n) is 7.04. The Labute approximate surface area is 75.0 Å². The van der Waals surface area contributed by atoms with Gasteiger partial charge in [-0.15, -0.1) is 0 Å². The molecule has 2 heterocycles. The summed E-state index contributed by atoms with van der Waals surface area (Å²) in [5.41, 5.74) is 0.602. The van der Waals surface area contributed by atoms with Crippen LogP contribution in [0.3, 0.4) is 0 Å². The minimum absolute atomic E-state index is 0.0215. The van der Waals surface area contributed by atoms with Gasteiger partial charge in [-0.1, -0.05) is 6.07 Å². The Balaban J connectivity index is 2.31. The van der Waals surface area contributed by atoms with Gasteiger partial charge in [-0.2, -0.15) is 0 Å². The number of hydrogen-bond donors (Lipinski definition) is 2. The third-order valence-corrected chi connectivity index (χ3v) is 2.27. The van der Waals surface area contributed by atoms with Crippen LogP contribution in [-0.4, -0.2) is 17.4 Å². The van der Waals surface area contributed by atoms with Crippen molar-refractivity contribution in [1.29, 1.82) is 0 Å². The van der Waals surface area contributed by atoms with E-state index in [9.17, 15) is 9.59 Å². The minimum atomic E-state index is -0.0935. The molecular weight excluding hydrogens is 168 g/mol. The Bertz CT molecular complexity index is 383. The quantitative estimate of drug-likeness (QED) is 0.634. The highest BCUT2D eigenvalue weighted by molar-refractivity contribution is 5.79. The van der Waals surface area contributed by atoms with Gasteiger partial charge in [-0.3, -0.25) is 9.59 Å². The SMILES string of the molecule is O=C1CC(c2ccc[nH]c2=O)CN1. The summed E-state index contributed by atoms with van der Waals surface area (Å²) in [6, 6.07) is 3.54. The van der Waals surface area contributed by atoms with Crippen LogP contribution in [0.15, 0.2) is 23.1 Å². The molecule has 1 unspecified atom stereocenters. The monoisotopic (exact) mass is 178 g/mol. The van der Waals surface area contributed by atoms with Crippen molar-refractivity contribution in [3.05, 3.63) is 34.2 Å². The minimum Gasteiger partial charge on any atom is -0.355 e. The summed E-state index contributed by atoms with van der Waals surface area (Å²) in [5, 5.41) is 2.70. The number of carbonyl (C=O) groups is 1. The molecule has 1 fully saturated rings. The summed E-state index contributed by atoms with van der Waals surface area (Å²) in [4.78, 5) is 24.8. The molecule has 68 valence electrons. The van der Waals surface area contributed by atoms with E-state index in [1.807, 2.05) is 0 Å². The molecular formula is C9H10N2O2. The number of amides is 1. The Hall–Kier alpha value is -1.58. The maximum absolute atomic E-state index is 11.3. The van der Waals surface area contributed by atoms with E-state index in [0.29, 0.717) is 18.5 Å². The van der Waals surface area contributed by atoms with Crippen LogP contribution in [0.4, 0.5) is 0 Å². The van der Waals surface area contributed by atoms with Gasteiger partial charge in [0.05, 0.1) is 0 Å². The molecule has 2 N–H and O–H groups in total. The number of nitrogens with one attached hydrogen (secondary N) is 2. The molecule has 1 aromatic heterocycles. The van der Waals surface area contributed by atoms with Gasteiger partial charge in [0, 0.05) is 30.6 Å². The number of aromatic nitrogens is 1. The zero-order valence-corrected chi connectivity index (χ0v) is 7.04. The van der Waals surface area contributed by atoms with Gasteiger partial charge in [-0.25, -0.2) is 0 Å². The molecule has 1 atom stereocenters. The molecule has 1 aliphatic rings. The topological polar surface area (TPSA) is 62.0 Å². The fourth-order valence-corrected chi connectivity index (χ4v) is 1.58. The van der Waals surface area contributed by atoms with Crippen molar-refractivity contribution in [3.8, 4) is 0 Å². The molecule has 0 aromatic carbocycles. The first-order valence-corrected chi connectivity index (χ1v) is 4.21. The van der Waals surface area contributed by atoms with E-state index in [2.05, 4.69) is 10.3 Å². The summed E-state index contributed by atoms with van der Waals surface area (Å²) in [7, 11) is 0. The first-order valence-electron chi connectivity index (χ1n) is 4.21. The number of pyridine rings is 1. The van der Waals surface area contributed by atoms with Crippen LogP contribution in [0.2, 0.25) is 0 Å². The van der Waals surface area contributed by atoms with Gasteiger partial charge in [0.1, 0.15) is 0 Å². The molecule has 13 heavy (non-hydrogen) atoms. The molecule has 1 aromatic rings. The second-order valence-corrected chi connectivity index (χ2v) is 3.16. The first kappa shape index (κ1) is 8.04. The first-order chi connectivity index (χ1) is 6.27. The largest absolute Gasteiger partial charge is 0.355 e. The third kappa shape index (κ3) is 1.47. The average molecular weight is 178 g/mol. The summed E-state index contributed by atoms with van der Waals surface area (Å²) < 4.78 is 0. The van der Waals surface area contributed by atoms with Crippen molar-refractivity contribution in [2.45, 2.75) is 12.3 Å². The van der Waals surface area contributed by atoms with Crippen molar-refractivity contribution in [2.75, 3.05) is 6.54 Å². The van der Waals surface area contributed by atoms with Crippen LogP contribution >= 0.6 is 0 Å². The second kappa shape index (κ2) is 3.05. The highest BCUT2D eigenvalue weighted by Gasteiger charge is 2.24. The average Bonchev–Trinajstić information content (AvgIpc) is 2.53. The predicted octanol–water partition coefficient (Wildman–Crippen LogP) is -0.0216. The van der Waals surface area contributed by atoms with Gasteiger partial charge in [-0.05, 0) is 6.07 Å². The molecule has 2 rings (SSSR count). The summed E-state index contributed by atoms with van der Waals surface area (Å²) >= 11 is 0. The van der Waals surface area contributed by atoms with Crippen molar-refractivity contribution in [1.82, 2.24) is 10.3 Å². The normalized spacial score (nSPS) is 21.5. The lowest BCUT2D eigenvalue weighted by atomic mass is 10.0. The van der Waals surface area contributed by atoms with E-state index in [0.717, 1.165) is 0 Å². The van der Waals surface area contributed by atoms with E-state index < -0.39 is 0 Å². The van der Waals surface area contributed by atoms with Crippen LogP contribution < -0.4 is 10.9 Å². The van der Waals surface area contributed by atoms with Crippen molar-refractivity contribution in [2.24, 2.45) is 0 Å². The number of aromatic amines is 1. The summed E-state index contributed by atoms with van der Waals surface area (Å²) in [6.45, 7) is 0.575. The van der Waals surface area contributed by atoms with Crippen molar-refractivity contribution < 1.29 is 4.79 Å². The maximum Gasteiger partial charge on any atom is 0.251 e. The van der Waals surface area contributed by atoms with Crippen LogP contribution in [0.25, 0.3) is 0 Å². The Morgan fingerprint density at radius 1 is 1.38 bits per heavy atom. The van der Waals surface area contributed by atoms with E-state index in [1.54, 1.807) is 18.3 Å². The molecule has 0 saturated carbocycles. The lowest BCUT2D eigenvalue weighted by Crippen LogP contribution is -2.17. The second-order valence-electron chi connectivity index (χ2n) is 3.16. The molecule has 1 saturated heterocycles. The molecule has 0 spiro atoms. The number of H-pyrrole nitrogens is 1. The van der Waals surface area contributed by atoms with E-state index in [4.69, 9.17) is 0 Å². The molecule has 1 amide bonds. The predicted molar refractivity (Wildman–Crippen MR) is 47.4 cm³/mol. The molecule has 0 aliphatic carbocycles. The van der Waals surface area contributed by atoms with Crippen LogP contribution in [0.5, 0.6) is 0 Å². The van der Waals surface area contributed by atoms with Crippen LogP contribution in [0, 0.1) is 0 Å². The molecule has 1 aliphatic heterocycles. The number of rotatable bonds is 1. The zero-order chi connectivity index (χ0) is 9.26. The Kier molecular flexibility index (Phi) is 1.88. The Morgan fingerprint density at radius 3 is 2.85 bits per heavy atom. The third-order valence-electron chi connectivity index (χ3n) is 2.27. The molecule has 4 nitrogen and oxygen atoms in total. The van der Waals surface area contributed by atoms with Gasteiger partial charge >= 0.3 is 0 Å². The van der Waals surface area contributed by atoms with Gasteiger partial charge in [0.15, 0.2) is 0 Å². The maximum atomic E-state index is 11.3. The molecule has 0 bridgehead atoms. The van der Waals surface area contributed by atoms with Crippen LogP contribution in [0.1, 0.15) is 17.9 Å². The van der Waals surface area contributed by atoms with Gasteiger partial charge in [0.2, 0.25) is 5.91 Å². The molecule has 4 heteroatoms. The Morgan fingerprint density at radius 2 is 2.23 bits per heavy atom. The van der Waals surface area contributed by atoms with Gasteiger partial charge < -0.3 is 10.3 Å². The summed E-state index contributed by atoms with van der Waals surface area (Å²) in [6.07, 6.45) is 2.02. The van der Waals surface area contributed by atoms with Crippen molar-refractivity contribution in [3.63, 3.8) is 0 Å². The lowest BCUT2D eigenvalue weighted by molar-refractivity contribution is -0.119.